The summed E-state index contributed by atoms with van der Waals surface area (Å²) in [6, 6.07) is 0. The highest BCUT2D eigenvalue weighted by atomic mass is 32.8. The van der Waals surface area contributed by atoms with Gasteiger partial charge in [-0.1, -0.05) is 0 Å². The van der Waals surface area contributed by atoms with Crippen LogP contribution < -0.4 is 15.3 Å². The van der Waals surface area contributed by atoms with E-state index in [2.05, 4.69) is 20.2 Å². The van der Waals surface area contributed by atoms with Crippen molar-refractivity contribution in [3.05, 3.63) is 0 Å². The molecule has 3 aliphatic rings. The number of nitrogens with zero attached hydrogens (tertiary/aromatic N) is 1. The molecule has 0 aromatic heterocycles. The minimum absolute atomic E-state index is 0.723. The van der Waals surface area contributed by atoms with Crippen molar-refractivity contribution in [2.24, 2.45) is 0 Å². The summed E-state index contributed by atoms with van der Waals surface area (Å²) in [4.78, 5) is 2.32. The molecular formula is C7H18N4O2PS+. The Morgan fingerprint density at radius 3 is 1.73 bits per heavy atom. The van der Waals surface area contributed by atoms with Crippen molar-refractivity contribution >= 4 is 16.4 Å². The summed E-state index contributed by atoms with van der Waals surface area (Å²) in [6.07, 6.45) is 1.30. The lowest BCUT2D eigenvalue weighted by molar-refractivity contribution is 0.275. The zero-order valence-corrected chi connectivity index (χ0v) is 10.6. The molecule has 0 radical (unpaired) electrons. The maximum absolute atomic E-state index is 11.8. The van der Waals surface area contributed by atoms with Gasteiger partial charge in [0.05, 0.1) is 6.26 Å². The molecule has 8 heteroatoms. The van der Waals surface area contributed by atoms with Crippen LogP contribution in [0.2, 0.25) is 0 Å². The molecule has 0 aromatic carbocycles. The van der Waals surface area contributed by atoms with E-state index in [1.165, 1.54) is 6.26 Å². The van der Waals surface area contributed by atoms with Gasteiger partial charge in [-0.05, 0) is 0 Å². The highest BCUT2D eigenvalue weighted by molar-refractivity contribution is 8.55. The van der Waals surface area contributed by atoms with E-state index in [9.17, 15) is 8.42 Å². The molecule has 3 aliphatic heterocycles. The largest absolute Gasteiger partial charge is 0.339 e. The highest BCUT2D eigenvalue weighted by Gasteiger charge is 2.51. The van der Waals surface area contributed by atoms with E-state index in [1.807, 2.05) is 0 Å². The maximum atomic E-state index is 11.8. The Morgan fingerprint density at radius 2 is 1.40 bits per heavy atom. The summed E-state index contributed by atoms with van der Waals surface area (Å²) >= 11 is 0. The maximum Gasteiger partial charge on any atom is 0.339 e. The van der Waals surface area contributed by atoms with Gasteiger partial charge >= 0.3 is 16.4 Å². The van der Waals surface area contributed by atoms with Crippen LogP contribution in [0.15, 0.2) is 0 Å². The highest BCUT2D eigenvalue weighted by Crippen LogP contribution is 2.52. The molecule has 0 aliphatic carbocycles. The number of nitrogens with one attached hydrogen (secondary N) is 3. The molecule has 3 rings (SSSR count). The molecule has 0 unspecified atom stereocenters. The first-order valence-electron chi connectivity index (χ1n) is 5.10. The lowest BCUT2D eigenvalue weighted by Crippen LogP contribution is -2.54. The summed E-state index contributed by atoms with van der Waals surface area (Å²) in [7, 11) is -3.11. The van der Waals surface area contributed by atoms with E-state index in [-0.39, 0.29) is 0 Å². The number of hydrogen-bond donors (Lipinski definition) is 3. The number of rotatable bonds is 1. The first-order valence-corrected chi connectivity index (χ1v) is 9.39. The molecule has 15 heavy (non-hydrogen) atoms. The first kappa shape index (κ1) is 11.7. The zero-order valence-electron chi connectivity index (χ0n) is 8.86. The predicted molar refractivity (Wildman–Crippen MR) is 62.2 cm³/mol. The van der Waals surface area contributed by atoms with Gasteiger partial charge in [0.2, 0.25) is 0 Å². The van der Waals surface area contributed by atoms with Crippen molar-refractivity contribution < 1.29 is 8.42 Å². The van der Waals surface area contributed by atoms with Crippen molar-refractivity contribution in [3.63, 3.8) is 0 Å². The van der Waals surface area contributed by atoms with Gasteiger partial charge in [-0.2, -0.15) is 8.42 Å². The van der Waals surface area contributed by atoms with Crippen molar-refractivity contribution in [3.8, 4) is 0 Å². The van der Waals surface area contributed by atoms with Crippen molar-refractivity contribution in [1.82, 2.24) is 20.2 Å². The lowest BCUT2D eigenvalue weighted by Gasteiger charge is -2.34. The molecule has 0 saturated carbocycles. The molecule has 0 atom stereocenters. The van der Waals surface area contributed by atoms with E-state index in [1.54, 1.807) is 0 Å². The third-order valence-electron chi connectivity index (χ3n) is 2.78. The van der Waals surface area contributed by atoms with Crippen molar-refractivity contribution in [2.45, 2.75) is 0 Å². The van der Waals surface area contributed by atoms with E-state index in [4.69, 9.17) is 0 Å². The molecule has 2 bridgehead atoms. The second-order valence-electron chi connectivity index (χ2n) is 3.91. The smallest absolute Gasteiger partial charge is 0.299 e. The van der Waals surface area contributed by atoms with Gasteiger partial charge in [0.25, 0.3) is 0 Å². The van der Waals surface area contributed by atoms with E-state index >= 15 is 0 Å². The van der Waals surface area contributed by atoms with Crippen LogP contribution in [0.1, 0.15) is 0 Å². The van der Waals surface area contributed by atoms with Gasteiger partial charge in [-0.25, -0.2) is 0 Å². The third kappa shape index (κ3) is 2.33. The summed E-state index contributed by atoms with van der Waals surface area (Å²) < 4.78 is 23.7. The summed E-state index contributed by atoms with van der Waals surface area (Å²) in [5, 5.41) is 9.50. The molecule has 0 spiro atoms. The zero-order chi connectivity index (χ0) is 10.9. The van der Waals surface area contributed by atoms with Gasteiger partial charge in [0.1, 0.15) is 0 Å². The summed E-state index contributed by atoms with van der Waals surface area (Å²) in [6.45, 7) is 2.55. The van der Waals surface area contributed by atoms with Crippen LogP contribution in [-0.2, 0) is 9.46 Å². The molecule has 0 amide bonds. The minimum Gasteiger partial charge on any atom is -0.299 e. The molecule has 3 heterocycles. The Labute approximate surface area is 91.0 Å². The van der Waals surface area contributed by atoms with E-state index < -0.39 is 16.4 Å². The first-order chi connectivity index (χ1) is 7.04. The fourth-order valence-corrected chi connectivity index (χ4v) is 7.17. The Bertz CT molecular complexity index is 307. The Kier molecular flexibility index (Phi) is 3.30. The van der Waals surface area contributed by atoms with Crippen LogP contribution in [0.5, 0.6) is 0 Å². The molecular weight excluding hydrogens is 235 g/mol. The topological polar surface area (TPSA) is 73.5 Å². The Balaban J connectivity index is 2.27. The third-order valence-corrected chi connectivity index (χ3v) is 9.93. The monoisotopic (exact) mass is 253 g/mol. The molecule has 6 nitrogen and oxygen atoms in total. The summed E-state index contributed by atoms with van der Waals surface area (Å²) in [5.41, 5.74) is 0. The quantitative estimate of drug-likeness (QED) is 0.510. The summed E-state index contributed by atoms with van der Waals surface area (Å²) in [5.74, 6) is 0. The van der Waals surface area contributed by atoms with Crippen LogP contribution >= 0.6 is 6.92 Å². The fraction of sp³-hybridized carbons (Fsp3) is 1.00. The molecule has 3 saturated heterocycles. The van der Waals surface area contributed by atoms with Gasteiger partial charge < -0.3 is 0 Å². The average molecular weight is 253 g/mol. The minimum atomic E-state index is -3.11. The Hall–Kier alpha value is 0.220. The number of hydrogen-bond acceptors (Lipinski definition) is 6. The van der Waals surface area contributed by atoms with Crippen LogP contribution in [0.4, 0.5) is 0 Å². The molecule has 88 valence electrons. The van der Waals surface area contributed by atoms with Crippen LogP contribution in [-0.4, -0.2) is 58.8 Å². The lowest BCUT2D eigenvalue weighted by atomic mass is 10.4. The van der Waals surface area contributed by atoms with Gasteiger partial charge in [0.15, 0.2) is 0 Å². The molecule has 3 fully saturated rings. The van der Waals surface area contributed by atoms with Crippen molar-refractivity contribution in [1.29, 1.82) is 0 Å². The molecule has 0 aromatic rings. The van der Waals surface area contributed by atoms with Crippen LogP contribution in [0.3, 0.4) is 0 Å². The second-order valence-corrected chi connectivity index (χ2v) is 11.2. The fourth-order valence-electron chi connectivity index (χ4n) is 1.95. The average Bonchev–Trinajstić information content (AvgIpc) is 1.96. The van der Waals surface area contributed by atoms with Gasteiger partial charge in [-0.15, -0.1) is 15.3 Å². The predicted octanol–water partition coefficient (Wildman–Crippen LogP) is -1.19. The second kappa shape index (κ2) is 4.24. The van der Waals surface area contributed by atoms with Gasteiger partial charge in [-0.3, -0.25) is 4.90 Å². The number of fused-ring (bicyclic) bond motifs is 6. The van der Waals surface area contributed by atoms with Gasteiger partial charge in [0, 0.05) is 39.3 Å². The standard InChI is InChI=1S/C7H18N4O2PS/c1-15(12,13)14-8-2-5-11(6-3-9-14)7-4-10-14/h8-10H,2-7H2,1H3/q+1. The van der Waals surface area contributed by atoms with E-state index in [0.29, 0.717) is 0 Å². The Morgan fingerprint density at radius 1 is 1.00 bits per heavy atom. The van der Waals surface area contributed by atoms with Crippen LogP contribution in [0, 0.1) is 0 Å². The van der Waals surface area contributed by atoms with Crippen molar-refractivity contribution in [2.75, 3.05) is 45.5 Å². The SMILES string of the molecule is CS(=O)(=O)[P+]12NCCN(CCN1)CCN2. The normalized spacial score (nSPS) is 38.1. The molecule has 3 N–H and O–H groups in total. The van der Waals surface area contributed by atoms with Crippen LogP contribution in [0.25, 0.3) is 0 Å². The van der Waals surface area contributed by atoms with E-state index in [0.717, 1.165) is 39.3 Å².